The van der Waals surface area contributed by atoms with Gasteiger partial charge in [-0.15, -0.1) is 0 Å². The summed E-state index contributed by atoms with van der Waals surface area (Å²) in [5.74, 6) is -0.767. The van der Waals surface area contributed by atoms with Crippen molar-refractivity contribution in [3.8, 4) is 0 Å². The molecule has 4 rings (SSSR count). The van der Waals surface area contributed by atoms with Gasteiger partial charge < -0.3 is 10.2 Å². The van der Waals surface area contributed by atoms with Crippen molar-refractivity contribution in [1.29, 1.82) is 0 Å². The van der Waals surface area contributed by atoms with E-state index in [1.54, 1.807) is 0 Å². The summed E-state index contributed by atoms with van der Waals surface area (Å²) in [6, 6.07) is 3.38. The summed E-state index contributed by atoms with van der Waals surface area (Å²) in [7, 11) is 0. The van der Waals surface area contributed by atoms with Gasteiger partial charge in [0.15, 0.2) is 0 Å². The van der Waals surface area contributed by atoms with Gasteiger partial charge in [-0.3, -0.25) is 4.79 Å². The van der Waals surface area contributed by atoms with Crippen molar-refractivity contribution in [2.45, 2.75) is 45.1 Å². The number of amides is 1. The Hall–Kier alpha value is -2.57. The van der Waals surface area contributed by atoms with Gasteiger partial charge in [0.1, 0.15) is 11.6 Å². The molecule has 0 saturated carbocycles. The number of carbonyl (C=O) groups excluding carboxylic acids is 1. The van der Waals surface area contributed by atoms with Crippen LogP contribution in [0.2, 0.25) is 0 Å². The van der Waals surface area contributed by atoms with Gasteiger partial charge in [-0.25, -0.2) is 18.7 Å². The number of nitrogens with one attached hydrogen (secondary N) is 1. The van der Waals surface area contributed by atoms with Gasteiger partial charge in [-0.1, -0.05) is 6.07 Å². The fraction of sp³-hybridized carbons (Fsp3) is 0.476. The summed E-state index contributed by atoms with van der Waals surface area (Å²) in [5, 5.41) is 2.77. The highest BCUT2D eigenvalue weighted by atomic mass is 19.1. The summed E-state index contributed by atoms with van der Waals surface area (Å²) in [5.41, 5.74) is 2.32. The van der Waals surface area contributed by atoms with Crippen molar-refractivity contribution in [2.75, 3.05) is 18.0 Å². The number of fused-ring (bicyclic) bond motifs is 1. The van der Waals surface area contributed by atoms with E-state index in [4.69, 9.17) is 4.98 Å². The lowest BCUT2D eigenvalue weighted by Gasteiger charge is -2.28. The fourth-order valence-corrected chi connectivity index (χ4v) is 3.96. The van der Waals surface area contributed by atoms with Gasteiger partial charge in [-0.2, -0.15) is 0 Å². The molecule has 1 saturated heterocycles. The molecule has 0 radical (unpaired) electrons. The lowest BCUT2D eigenvalue weighted by molar-refractivity contribution is -0.125. The zero-order valence-electron chi connectivity index (χ0n) is 15.8. The van der Waals surface area contributed by atoms with Crippen molar-refractivity contribution in [3.63, 3.8) is 0 Å². The number of carbonyl (C=O) groups is 1. The third-order valence-electron chi connectivity index (χ3n) is 5.62. The van der Waals surface area contributed by atoms with Crippen molar-refractivity contribution in [1.82, 2.24) is 15.3 Å². The molecular formula is C21H24F2N4O. The molecule has 2 aromatic rings. The first kappa shape index (κ1) is 18.8. The maximum Gasteiger partial charge on any atom is 0.225 e. The van der Waals surface area contributed by atoms with Gasteiger partial charge >= 0.3 is 0 Å². The number of anilines is 1. The van der Waals surface area contributed by atoms with Gasteiger partial charge in [0.05, 0.1) is 0 Å². The average molecular weight is 386 g/mol. The third kappa shape index (κ3) is 4.13. The molecule has 0 spiro atoms. The quantitative estimate of drug-likeness (QED) is 0.877. The minimum absolute atomic E-state index is 0.0543. The van der Waals surface area contributed by atoms with Crippen molar-refractivity contribution >= 4 is 11.9 Å². The second kappa shape index (κ2) is 8.20. The van der Waals surface area contributed by atoms with Gasteiger partial charge in [-0.05, 0) is 50.2 Å². The first-order valence-corrected chi connectivity index (χ1v) is 9.91. The van der Waals surface area contributed by atoms with Crippen LogP contribution in [0.15, 0.2) is 24.4 Å². The van der Waals surface area contributed by atoms with Crippen molar-refractivity contribution in [3.05, 3.63) is 52.9 Å². The Labute approximate surface area is 163 Å². The minimum atomic E-state index is -0.645. The van der Waals surface area contributed by atoms with E-state index in [2.05, 4.69) is 15.2 Å². The molecule has 0 bridgehead atoms. The van der Waals surface area contributed by atoms with E-state index in [-0.39, 0.29) is 23.9 Å². The molecule has 1 aliphatic carbocycles. The molecule has 5 nitrogen and oxygen atoms in total. The maximum absolute atomic E-state index is 13.7. The Kier molecular flexibility index (Phi) is 5.50. The molecule has 1 N–H and O–H groups in total. The summed E-state index contributed by atoms with van der Waals surface area (Å²) < 4.78 is 26.7. The zero-order valence-corrected chi connectivity index (χ0v) is 15.8. The van der Waals surface area contributed by atoms with Crippen LogP contribution in [0.1, 0.15) is 42.5 Å². The number of hydrogen-bond donors (Lipinski definition) is 1. The van der Waals surface area contributed by atoms with Crippen LogP contribution in [-0.2, 0) is 24.2 Å². The van der Waals surface area contributed by atoms with Gasteiger partial charge in [0, 0.05) is 49.1 Å². The highest BCUT2D eigenvalue weighted by molar-refractivity contribution is 5.79. The average Bonchev–Trinajstić information content (AvgIpc) is 2.73. The minimum Gasteiger partial charge on any atom is -0.352 e. The smallest absolute Gasteiger partial charge is 0.225 e. The van der Waals surface area contributed by atoms with E-state index >= 15 is 0 Å². The number of aromatic nitrogens is 2. The lowest BCUT2D eigenvalue weighted by Crippen LogP contribution is -2.35. The molecule has 1 atom stereocenters. The number of nitrogens with zero attached hydrogens (tertiary/aromatic N) is 3. The monoisotopic (exact) mass is 386 g/mol. The van der Waals surface area contributed by atoms with Crippen molar-refractivity contribution in [2.24, 2.45) is 5.92 Å². The Morgan fingerprint density at radius 1 is 1.21 bits per heavy atom. The van der Waals surface area contributed by atoms with E-state index in [9.17, 15) is 13.6 Å². The van der Waals surface area contributed by atoms with Crippen molar-refractivity contribution < 1.29 is 13.6 Å². The van der Waals surface area contributed by atoms with E-state index in [0.717, 1.165) is 42.8 Å². The summed E-state index contributed by atoms with van der Waals surface area (Å²) in [6.45, 7) is 2.06. The molecule has 28 heavy (non-hydrogen) atoms. The topological polar surface area (TPSA) is 58.1 Å². The van der Waals surface area contributed by atoms with E-state index in [1.165, 1.54) is 31.4 Å². The highest BCUT2D eigenvalue weighted by Crippen LogP contribution is 2.26. The van der Waals surface area contributed by atoms with Crippen LogP contribution in [-0.4, -0.2) is 29.0 Å². The van der Waals surface area contributed by atoms with Crippen LogP contribution < -0.4 is 10.2 Å². The number of aryl methyl sites for hydroxylation is 1. The zero-order chi connectivity index (χ0) is 19.5. The van der Waals surface area contributed by atoms with Gasteiger partial charge in [0.25, 0.3) is 0 Å². The Bertz CT molecular complexity index is 867. The molecule has 1 aliphatic heterocycles. The fourth-order valence-electron chi connectivity index (χ4n) is 3.96. The summed E-state index contributed by atoms with van der Waals surface area (Å²) in [4.78, 5) is 24.0. The Morgan fingerprint density at radius 3 is 2.82 bits per heavy atom. The van der Waals surface area contributed by atoms with Crippen LogP contribution in [0.25, 0.3) is 0 Å². The van der Waals surface area contributed by atoms with E-state index in [0.29, 0.717) is 12.8 Å². The predicted molar refractivity (Wildman–Crippen MR) is 102 cm³/mol. The SMILES string of the molecule is O=C(NCc1ccc(F)cc1F)C1CCc2nc(N3CCCCC3)ncc2C1. The summed E-state index contributed by atoms with van der Waals surface area (Å²) in [6.07, 6.45) is 7.51. The molecular weight excluding hydrogens is 362 g/mol. The van der Waals surface area contributed by atoms with Crippen LogP contribution in [0, 0.1) is 17.6 Å². The normalized spacial score (nSPS) is 19.2. The number of piperidine rings is 1. The molecule has 1 aromatic carbocycles. The molecule has 1 unspecified atom stereocenters. The largest absolute Gasteiger partial charge is 0.352 e. The van der Waals surface area contributed by atoms with Crippen LogP contribution in [0.4, 0.5) is 14.7 Å². The maximum atomic E-state index is 13.7. The lowest BCUT2D eigenvalue weighted by atomic mass is 9.86. The predicted octanol–water partition coefficient (Wildman–Crippen LogP) is 3.17. The Morgan fingerprint density at radius 2 is 2.04 bits per heavy atom. The highest BCUT2D eigenvalue weighted by Gasteiger charge is 2.27. The van der Waals surface area contributed by atoms with Gasteiger partial charge in [0.2, 0.25) is 11.9 Å². The second-order valence-corrected chi connectivity index (χ2v) is 7.58. The molecule has 148 valence electrons. The van der Waals surface area contributed by atoms with E-state index in [1.807, 2.05) is 6.20 Å². The molecule has 2 heterocycles. The number of hydrogen-bond acceptors (Lipinski definition) is 4. The molecule has 2 aliphatic rings. The van der Waals surface area contributed by atoms with E-state index < -0.39 is 11.6 Å². The third-order valence-corrected chi connectivity index (χ3v) is 5.62. The Balaban J connectivity index is 1.37. The van der Waals surface area contributed by atoms with Crippen LogP contribution in [0.5, 0.6) is 0 Å². The number of halogens is 2. The van der Waals surface area contributed by atoms with Crippen LogP contribution in [0.3, 0.4) is 0 Å². The summed E-state index contributed by atoms with van der Waals surface area (Å²) >= 11 is 0. The first-order chi connectivity index (χ1) is 13.6. The number of benzene rings is 1. The second-order valence-electron chi connectivity index (χ2n) is 7.58. The molecule has 1 amide bonds. The molecule has 1 aromatic heterocycles. The molecule has 1 fully saturated rings. The van der Waals surface area contributed by atoms with Crippen LogP contribution >= 0.6 is 0 Å². The standard InChI is InChI=1S/C21H24F2N4O/c22-17-6-4-15(18(23)11-17)12-24-20(28)14-5-7-19-16(10-14)13-25-21(26-19)27-8-2-1-3-9-27/h4,6,11,13-14H,1-3,5,7-10,12H2,(H,24,28). The molecule has 7 heteroatoms. The first-order valence-electron chi connectivity index (χ1n) is 9.91. The number of rotatable bonds is 4.